The number of nitrogens with one attached hydrogen (secondary N) is 2. The Kier molecular flexibility index (Phi) is 3.41. The first-order valence-corrected chi connectivity index (χ1v) is 8.51. The van der Waals surface area contributed by atoms with Crippen LogP contribution in [0.2, 0.25) is 0 Å². The van der Waals surface area contributed by atoms with Gasteiger partial charge in [-0.25, -0.2) is 10.8 Å². The summed E-state index contributed by atoms with van der Waals surface area (Å²) in [5.74, 6) is 5.56. The lowest BCUT2D eigenvalue weighted by Gasteiger charge is -2.08. The number of anilines is 1. The van der Waals surface area contributed by atoms with Crippen molar-refractivity contribution in [3.63, 3.8) is 0 Å². The predicted octanol–water partition coefficient (Wildman–Crippen LogP) is 3.06. The number of rotatable bonds is 3. The van der Waals surface area contributed by atoms with E-state index in [1.165, 1.54) is 0 Å². The van der Waals surface area contributed by atoms with Crippen LogP contribution in [0.1, 0.15) is 0 Å². The molecule has 0 aliphatic heterocycles. The quantitative estimate of drug-likeness (QED) is 0.393. The summed E-state index contributed by atoms with van der Waals surface area (Å²) in [7, 11) is 0. The Hall–Kier alpha value is -2.55. The molecule has 0 amide bonds. The third-order valence-corrected chi connectivity index (χ3v) is 5.17. The molecule has 0 aliphatic carbocycles. The highest BCUT2D eigenvalue weighted by molar-refractivity contribution is 7.14. The fourth-order valence-corrected chi connectivity index (χ4v) is 3.82. The zero-order valence-electron chi connectivity index (χ0n) is 11.7. The lowest BCUT2D eigenvalue weighted by molar-refractivity contribution is 1.10. The molecule has 0 fully saturated rings. The SMILES string of the molecule is NNc1nc2nc(-c3cccs3)cc(-c3cccs3)c2c(=O)[nH]1. The van der Waals surface area contributed by atoms with Crippen LogP contribution in [0.4, 0.5) is 5.95 Å². The molecule has 0 aliphatic rings. The molecule has 0 unspecified atom stereocenters. The average Bonchev–Trinajstić information content (AvgIpc) is 3.26. The van der Waals surface area contributed by atoms with Crippen LogP contribution >= 0.6 is 22.7 Å². The Morgan fingerprint density at radius 2 is 1.83 bits per heavy atom. The van der Waals surface area contributed by atoms with Gasteiger partial charge in [-0.1, -0.05) is 12.1 Å². The Morgan fingerprint density at radius 1 is 1.09 bits per heavy atom. The van der Waals surface area contributed by atoms with Crippen molar-refractivity contribution in [1.29, 1.82) is 0 Å². The second kappa shape index (κ2) is 5.58. The molecule has 4 N–H and O–H groups in total. The summed E-state index contributed by atoms with van der Waals surface area (Å²) in [6, 6.07) is 9.83. The van der Waals surface area contributed by atoms with Gasteiger partial charge in [0.05, 0.1) is 16.0 Å². The number of fused-ring (bicyclic) bond motifs is 1. The first-order valence-electron chi connectivity index (χ1n) is 6.75. The molecule has 4 aromatic rings. The molecule has 0 bridgehead atoms. The molecular weight excluding hydrogens is 330 g/mol. The van der Waals surface area contributed by atoms with E-state index in [0.717, 1.165) is 21.0 Å². The second-order valence-electron chi connectivity index (χ2n) is 4.77. The number of nitrogens with two attached hydrogens (primary N) is 1. The summed E-state index contributed by atoms with van der Waals surface area (Å²) in [5, 5.41) is 4.43. The van der Waals surface area contributed by atoms with Gasteiger partial charge in [0.1, 0.15) is 0 Å². The van der Waals surface area contributed by atoms with Gasteiger partial charge < -0.3 is 0 Å². The monoisotopic (exact) mass is 341 g/mol. The first-order chi connectivity index (χ1) is 11.3. The van der Waals surface area contributed by atoms with Crippen molar-refractivity contribution in [3.05, 3.63) is 51.4 Å². The molecule has 4 heterocycles. The van der Waals surface area contributed by atoms with E-state index in [0.29, 0.717) is 11.0 Å². The van der Waals surface area contributed by atoms with E-state index in [1.54, 1.807) is 22.7 Å². The Bertz CT molecular complexity index is 1020. The molecule has 114 valence electrons. The molecule has 6 nitrogen and oxygen atoms in total. The number of hydrazine groups is 1. The number of hydrogen-bond acceptors (Lipinski definition) is 7. The normalized spacial score (nSPS) is 11.0. The zero-order chi connectivity index (χ0) is 15.8. The summed E-state index contributed by atoms with van der Waals surface area (Å²) in [6.45, 7) is 0. The van der Waals surface area contributed by atoms with E-state index < -0.39 is 0 Å². The van der Waals surface area contributed by atoms with Gasteiger partial charge in [0, 0.05) is 10.4 Å². The molecule has 0 radical (unpaired) electrons. The van der Waals surface area contributed by atoms with E-state index in [2.05, 4.69) is 20.4 Å². The van der Waals surface area contributed by atoms with Crippen LogP contribution in [0.3, 0.4) is 0 Å². The molecule has 23 heavy (non-hydrogen) atoms. The summed E-state index contributed by atoms with van der Waals surface area (Å²) in [6.07, 6.45) is 0. The number of aromatic amines is 1. The van der Waals surface area contributed by atoms with Gasteiger partial charge >= 0.3 is 0 Å². The third-order valence-electron chi connectivity index (χ3n) is 3.37. The summed E-state index contributed by atoms with van der Waals surface area (Å²) >= 11 is 3.16. The lowest BCUT2D eigenvalue weighted by Crippen LogP contribution is -2.18. The van der Waals surface area contributed by atoms with Crippen molar-refractivity contribution >= 4 is 39.7 Å². The van der Waals surface area contributed by atoms with Crippen molar-refractivity contribution < 1.29 is 0 Å². The molecular formula is C15H11N5OS2. The summed E-state index contributed by atoms with van der Waals surface area (Å²) in [5.41, 5.74) is 4.08. The van der Waals surface area contributed by atoms with Crippen LogP contribution in [0.25, 0.3) is 32.0 Å². The van der Waals surface area contributed by atoms with Crippen LogP contribution in [-0.2, 0) is 0 Å². The minimum atomic E-state index is -0.267. The number of nitrogens with zero attached hydrogens (tertiary/aromatic N) is 2. The Balaban J connectivity index is 2.10. The first kappa shape index (κ1) is 14.1. The highest BCUT2D eigenvalue weighted by Gasteiger charge is 2.15. The number of hydrogen-bond donors (Lipinski definition) is 3. The van der Waals surface area contributed by atoms with Crippen molar-refractivity contribution in [3.8, 4) is 21.0 Å². The van der Waals surface area contributed by atoms with E-state index in [9.17, 15) is 4.79 Å². The van der Waals surface area contributed by atoms with Gasteiger partial charge in [-0.05, 0) is 29.0 Å². The molecule has 0 atom stereocenters. The van der Waals surface area contributed by atoms with E-state index in [1.807, 2.05) is 41.1 Å². The van der Waals surface area contributed by atoms with Gasteiger partial charge in [-0.2, -0.15) is 4.98 Å². The van der Waals surface area contributed by atoms with Gasteiger partial charge in [0.25, 0.3) is 5.56 Å². The maximum Gasteiger partial charge on any atom is 0.262 e. The van der Waals surface area contributed by atoms with Gasteiger partial charge in [-0.3, -0.25) is 15.2 Å². The third kappa shape index (κ3) is 2.42. The fraction of sp³-hybridized carbons (Fsp3) is 0. The van der Waals surface area contributed by atoms with Crippen LogP contribution in [0, 0.1) is 0 Å². The highest BCUT2D eigenvalue weighted by atomic mass is 32.1. The number of aromatic nitrogens is 3. The molecule has 4 aromatic heterocycles. The van der Waals surface area contributed by atoms with Crippen molar-refractivity contribution in [2.45, 2.75) is 0 Å². The Morgan fingerprint density at radius 3 is 2.48 bits per heavy atom. The van der Waals surface area contributed by atoms with Crippen LogP contribution in [-0.4, -0.2) is 15.0 Å². The molecule has 4 rings (SSSR count). The second-order valence-corrected chi connectivity index (χ2v) is 6.66. The highest BCUT2D eigenvalue weighted by Crippen LogP contribution is 2.33. The summed E-state index contributed by atoms with van der Waals surface area (Å²) in [4.78, 5) is 25.9. The van der Waals surface area contributed by atoms with Gasteiger partial charge in [0.2, 0.25) is 5.95 Å². The van der Waals surface area contributed by atoms with Crippen LogP contribution in [0.5, 0.6) is 0 Å². The summed E-state index contributed by atoms with van der Waals surface area (Å²) < 4.78 is 0. The molecule has 0 saturated carbocycles. The van der Waals surface area contributed by atoms with E-state index in [-0.39, 0.29) is 11.5 Å². The maximum absolute atomic E-state index is 12.4. The standard InChI is InChI=1S/C15H11N5OS2/c16-20-15-18-13-12(14(21)19-15)8(10-3-1-5-22-10)7-9(17-13)11-4-2-6-23-11/h1-7H,16H2,(H2,17,18,19,20,21). The van der Waals surface area contributed by atoms with Gasteiger partial charge in [-0.15, -0.1) is 22.7 Å². The average molecular weight is 341 g/mol. The number of nitrogen functional groups attached to an aromatic ring is 1. The number of H-pyrrole nitrogens is 1. The molecule has 8 heteroatoms. The molecule has 0 saturated heterocycles. The largest absolute Gasteiger partial charge is 0.294 e. The smallest absolute Gasteiger partial charge is 0.262 e. The van der Waals surface area contributed by atoms with Crippen LogP contribution < -0.4 is 16.8 Å². The minimum Gasteiger partial charge on any atom is -0.294 e. The van der Waals surface area contributed by atoms with Crippen LogP contribution in [0.15, 0.2) is 45.9 Å². The lowest BCUT2D eigenvalue weighted by atomic mass is 10.1. The number of pyridine rings is 1. The van der Waals surface area contributed by atoms with Crippen molar-refractivity contribution in [1.82, 2.24) is 15.0 Å². The topological polar surface area (TPSA) is 96.7 Å². The van der Waals surface area contributed by atoms with E-state index >= 15 is 0 Å². The van der Waals surface area contributed by atoms with Crippen molar-refractivity contribution in [2.75, 3.05) is 5.43 Å². The zero-order valence-corrected chi connectivity index (χ0v) is 13.4. The fourth-order valence-electron chi connectivity index (χ4n) is 2.39. The maximum atomic E-state index is 12.4. The van der Waals surface area contributed by atoms with Crippen molar-refractivity contribution in [2.24, 2.45) is 5.84 Å². The Labute approximate surface area is 138 Å². The molecule has 0 spiro atoms. The number of thiophene rings is 2. The minimum absolute atomic E-state index is 0.190. The molecule has 0 aromatic carbocycles. The van der Waals surface area contributed by atoms with Gasteiger partial charge in [0.15, 0.2) is 5.65 Å². The predicted molar refractivity (Wildman–Crippen MR) is 94.6 cm³/mol. The van der Waals surface area contributed by atoms with E-state index in [4.69, 9.17) is 5.84 Å².